The molecule has 0 aromatic heterocycles. The van der Waals surface area contributed by atoms with Crippen LogP contribution in [0.1, 0.15) is 104 Å². The summed E-state index contributed by atoms with van der Waals surface area (Å²) in [6, 6.07) is 31.4. The fraction of sp³-hybridized carbons (Fsp3) is 0.339. The lowest BCUT2D eigenvalue weighted by molar-refractivity contribution is -0.121. The summed E-state index contributed by atoms with van der Waals surface area (Å²) in [5, 5.41) is 11.2. The van der Waals surface area contributed by atoms with Gasteiger partial charge in [-0.1, -0.05) is 84.4 Å². The minimum Gasteiger partial charge on any atom is -0.496 e. The van der Waals surface area contributed by atoms with Gasteiger partial charge in [-0.25, -0.2) is 9.59 Å². The van der Waals surface area contributed by atoms with E-state index in [4.69, 9.17) is 23.7 Å². The molecule has 5 aromatic rings. The molecule has 4 amide bonds. The molecule has 0 aliphatic carbocycles. The van der Waals surface area contributed by atoms with Crippen LogP contribution in [0.25, 0.3) is 0 Å². The van der Waals surface area contributed by atoms with Gasteiger partial charge in [0, 0.05) is 25.9 Å². The molecule has 380 valence electrons. The fourth-order valence-corrected chi connectivity index (χ4v) is 7.81. The van der Waals surface area contributed by atoms with Crippen LogP contribution in [0, 0.1) is 6.92 Å². The van der Waals surface area contributed by atoms with Crippen LogP contribution < -0.4 is 35.5 Å². The zero-order valence-electron chi connectivity index (χ0n) is 41.5. The van der Waals surface area contributed by atoms with Crippen molar-refractivity contribution in [2.24, 2.45) is 0 Å². The highest BCUT2D eigenvalue weighted by Gasteiger charge is 2.27. The number of benzene rings is 5. The van der Waals surface area contributed by atoms with Crippen LogP contribution in [0.4, 0.5) is 9.59 Å². The van der Waals surface area contributed by atoms with Gasteiger partial charge in [0.15, 0.2) is 17.3 Å². The Hall–Kier alpha value is -8.01. The number of ketones is 3. The fourth-order valence-electron chi connectivity index (χ4n) is 7.81. The summed E-state index contributed by atoms with van der Waals surface area (Å²) in [7, 11) is 4.31. The number of hydrogen-bond acceptors (Lipinski definition) is 12. The SMILES string of the molecule is COc1ccc(CC(=O)[C@H](CCCCNC(=O)OCc2ccccc2)NC(=O)c2cc(CC(=O)[C@H](CCCCNC(=O)OCc3ccccc3)NC(=O)c3cc(C)ccc3OC)ccc2OC)cc1C(C)=O. The van der Waals surface area contributed by atoms with Crippen molar-refractivity contribution >= 4 is 41.4 Å². The molecular formula is C56H64N4O12. The molecule has 5 aromatic carbocycles. The number of rotatable bonds is 28. The topological polar surface area (TPSA) is 214 Å². The third-order valence-corrected chi connectivity index (χ3v) is 11.7. The number of unbranched alkanes of at least 4 members (excludes halogenated alkanes) is 2. The Bertz CT molecular complexity index is 2640. The normalized spacial score (nSPS) is 11.5. The van der Waals surface area contributed by atoms with E-state index in [9.17, 15) is 33.6 Å². The molecule has 0 unspecified atom stereocenters. The van der Waals surface area contributed by atoms with E-state index in [1.165, 1.54) is 34.3 Å². The van der Waals surface area contributed by atoms with Crippen molar-refractivity contribution in [1.29, 1.82) is 0 Å². The predicted octanol–water partition coefficient (Wildman–Crippen LogP) is 8.24. The van der Waals surface area contributed by atoms with Crippen LogP contribution >= 0.6 is 0 Å². The number of amides is 4. The highest BCUT2D eigenvalue weighted by Crippen LogP contribution is 2.25. The number of aryl methyl sites for hydroxylation is 1. The Morgan fingerprint density at radius 3 is 1.31 bits per heavy atom. The van der Waals surface area contributed by atoms with Crippen LogP contribution in [-0.2, 0) is 45.1 Å². The number of hydrogen-bond donors (Lipinski definition) is 4. The van der Waals surface area contributed by atoms with Crippen molar-refractivity contribution in [3.05, 3.63) is 160 Å². The molecule has 0 saturated carbocycles. The molecule has 0 spiro atoms. The summed E-state index contributed by atoms with van der Waals surface area (Å²) >= 11 is 0. The van der Waals surface area contributed by atoms with Gasteiger partial charge in [-0.2, -0.15) is 0 Å². The number of alkyl carbamates (subject to hydrolysis) is 2. The molecule has 0 aliphatic rings. The Kier molecular flexibility index (Phi) is 21.8. The van der Waals surface area contributed by atoms with Gasteiger partial charge in [0.05, 0.1) is 50.1 Å². The zero-order chi connectivity index (χ0) is 51.8. The maximum Gasteiger partial charge on any atom is 0.407 e. The lowest BCUT2D eigenvalue weighted by Crippen LogP contribution is -2.42. The second-order valence-corrected chi connectivity index (χ2v) is 17.1. The monoisotopic (exact) mass is 984 g/mol. The maximum atomic E-state index is 14.2. The molecule has 16 heteroatoms. The van der Waals surface area contributed by atoms with Crippen molar-refractivity contribution in [2.45, 2.75) is 90.5 Å². The van der Waals surface area contributed by atoms with Crippen molar-refractivity contribution in [3.63, 3.8) is 0 Å². The van der Waals surface area contributed by atoms with Crippen LogP contribution in [0.2, 0.25) is 0 Å². The summed E-state index contributed by atoms with van der Waals surface area (Å²) in [6.45, 7) is 4.00. The first kappa shape index (κ1) is 54.9. The molecule has 0 aliphatic heterocycles. The Labute approximate surface area is 420 Å². The summed E-state index contributed by atoms with van der Waals surface area (Å²) in [4.78, 5) is 93.4. The van der Waals surface area contributed by atoms with Gasteiger partial charge in [-0.15, -0.1) is 0 Å². The highest BCUT2D eigenvalue weighted by atomic mass is 16.6. The highest BCUT2D eigenvalue weighted by molar-refractivity contribution is 6.02. The molecule has 72 heavy (non-hydrogen) atoms. The largest absolute Gasteiger partial charge is 0.496 e. The molecule has 0 heterocycles. The van der Waals surface area contributed by atoms with Crippen molar-refractivity contribution in [3.8, 4) is 17.2 Å². The smallest absolute Gasteiger partial charge is 0.407 e. The molecule has 0 bridgehead atoms. The third-order valence-electron chi connectivity index (χ3n) is 11.7. The van der Waals surface area contributed by atoms with E-state index in [-0.39, 0.29) is 86.2 Å². The van der Waals surface area contributed by atoms with Gasteiger partial charge in [-0.05, 0) is 111 Å². The van der Waals surface area contributed by atoms with E-state index in [0.29, 0.717) is 53.9 Å². The van der Waals surface area contributed by atoms with Crippen molar-refractivity contribution in [2.75, 3.05) is 34.4 Å². The standard InChI is InChI=1S/C56H64N4O12/c1-37-22-25-51(69-4)44(30-37)53(64)59-46(20-12-14-28-57-55(66)71-35-39-16-8-6-9-17-39)49(63)34-42-24-27-52(70-5)45(32-42)54(65)60-47(48(62)33-41-23-26-50(68-3)43(31-41)38(2)61)21-13-15-29-58-56(67)72-36-40-18-10-7-11-19-40/h6-11,16-19,22-27,30-32,46-47H,12-15,20-21,28-29,33-36H2,1-5H3,(H,57,66)(H,58,67)(H,59,64)(H,60,65)/t46-,47-/m0/s1. The second-order valence-electron chi connectivity index (χ2n) is 17.1. The van der Waals surface area contributed by atoms with Gasteiger partial charge in [-0.3, -0.25) is 24.0 Å². The zero-order valence-corrected chi connectivity index (χ0v) is 41.5. The number of nitrogens with one attached hydrogen (secondary N) is 4. The van der Waals surface area contributed by atoms with E-state index in [1.54, 1.807) is 42.5 Å². The number of methoxy groups -OCH3 is 3. The quantitative estimate of drug-likeness (QED) is 0.0276. The predicted molar refractivity (Wildman–Crippen MR) is 271 cm³/mol. The molecule has 0 fully saturated rings. The van der Waals surface area contributed by atoms with Gasteiger partial charge >= 0.3 is 12.2 Å². The minimum atomic E-state index is -1.00. The maximum absolute atomic E-state index is 14.2. The Balaban J connectivity index is 1.28. The lowest BCUT2D eigenvalue weighted by atomic mass is 9.96. The van der Waals surface area contributed by atoms with Crippen molar-refractivity contribution in [1.82, 2.24) is 21.3 Å². The molecule has 2 atom stereocenters. The van der Waals surface area contributed by atoms with Crippen molar-refractivity contribution < 1.29 is 57.2 Å². The average molecular weight is 985 g/mol. The summed E-state index contributed by atoms with van der Waals surface area (Å²) < 4.78 is 27.0. The third kappa shape index (κ3) is 17.4. The number of carbonyl (C=O) groups excluding carboxylic acids is 7. The first-order chi connectivity index (χ1) is 34.8. The minimum absolute atomic E-state index is 0.0713. The molecule has 0 radical (unpaired) electrons. The van der Waals surface area contributed by atoms with Gasteiger partial charge in [0.25, 0.3) is 11.8 Å². The van der Waals surface area contributed by atoms with E-state index in [0.717, 1.165) is 16.7 Å². The Morgan fingerprint density at radius 2 is 0.875 bits per heavy atom. The number of Topliss-reactive ketones (excluding diaryl/α,β-unsaturated/α-hetero) is 3. The molecule has 16 nitrogen and oxygen atoms in total. The van der Waals surface area contributed by atoms with Crippen LogP contribution in [0.5, 0.6) is 17.2 Å². The lowest BCUT2D eigenvalue weighted by Gasteiger charge is -2.21. The second kappa shape index (κ2) is 28.6. The van der Waals surface area contributed by atoms with E-state index < -0.39 is 36.1 Å². The summed E-state index contributed by atoms with van der Waals surface area (Å²) in [5.41, 5.74) is 4.15. The average Bonchev–Trinajstić information content (AvgIpc) is 3.39. The number of carbonyl (C=O) groups is 7. The van der Waals surface area contributed by atoms with Crippen LogP contribution in [0.3, 0.4) is 0 Å². The summed E-state index contributed by atoms with van der Waals surface area (Å²) in [5.74, 6) is -1.14. The molecule has 4 N–H and O–H groups in total. The van der Waals surface area contributed by atoms with Gasteiger partial charge in [0.1, 0.15) is 30.5 Å². The molecular weight excluding hydrogens is 921 g/mol. The van der Waals surface area contributed by atoms with Gasteiger partial charge in [0.2, 0.25) is 0 Å². The molecule has 0 saturated heterocycles. The van der Waals surface area contributed by atoms with E-state index in [1.807, 2.05) is 73.7 Å². The van der Waals surface area contributed by atoms with E-state index in [2.05, 4.69) is 21.3 Å². The first-order valence-corrected chi connectivity index (χ1v) is 23.8. The molecule has 5 rings (SSSR count). The first-order valence-electron chi connectivity index (χ1n) is 23.8. The van der Waals surface area contributed by atoms with Gasteiger partial charge < -0.3 is 45.0 Å². The summed E-state index contributed by atoms with van der Waals surface area (Å²) in [6.07, 6.45) is 0.818. The van der Waals surface area contributed by atoms with Crippen LogP contribution in [0.15, 0.2) is 115 Å². The Morgan fingerprint density at radius 1 is 0.472 bits per heavy atom. The van der Waals surface area contributed by atoms with E-state index >= 15 is 0 Å². The van der Waals surface area contributed by atoms with Crippen LogP contribution in [-0.4, -0.2) is 87.9 Å². The number of ether oxygens (including phenoxy) is 5.